The number of likely N-dealkylation sites (tertiary alicyclic amines) is 2. The normalized spacial score (nSPS) is 26.3. The van der Waals surface area contributed by atoms with Crippen LogP contribution in [0.15, 0.2) is 4.52 Å². The molecule has 1 aromatic heterocycles. The quantitative estimate of drug-likeness (QED) is 0.865. The highest BCUT2D eigenvalue weighted by molar-refractivity contribution is 5.81. The number of carbonyl (C=O) groups excluding carboxylic acids is 1. The van der Waals surface area contributed by atoms with Gasteiger partial charge in [0.25, 0.3) is 0 Å². The Balaban J connectivity index is 1.59. The number of hydrogen-bond donors (Lipinski definition) is 1. The first-order valence-electron chi connectivity index (χ1n) is 9.16. The van der Waals surface area contributed by atoms with Gasteiger partial charge in [-0.3, -0.25) is 14.6 Å². The van der Waals surface area contributed by atoms with Crippen molar-refractivity contribution in [2.45, 2.75) is 57.8 Å². The molecular formula is C18H30N4O3. The Morgan fingerprint density at radius 1 is 1.32 bits per heavy atom. The fourth-order valence-corrected chi connectivity index (χ4v) is 4.14. The van der Waals surface area contributed by atoms with Crippen LogP contribution >= 0.6 is 0 Å². The van der Waals surface area contributed by atoms with E-state index in [-0.39, 0.29) is 11.9 Å². The smallest absolute Gasteiger partial charge is 0.239 e. The molecule has 0 spiro atoms. The van der Waals surface area contributed by atoms with E-state index >= 15 is 0 Å². The average Bonchev–Trinajstić information content (AvgIpc) is 3.12. The Morgan fingerprint density at radius 2 is 2.00 bits per heavy atom. The summed E-state index contributed by atoms with van der Waals surface area (Å²) >= 11 is 0. The zero-order chi connectivity index (χ0) is 18.1. The maximum Gasteiger partial charge on any atom is 0.239 e. The predicted octanol–water partition coefficient (Wildman–Crippen LogP) is 0.779. The lowest BCUT2D eigenvalue weighted by molar-refractivity contribution is -0.134. The second-order valence-corrected chi connectivity index (χ2v) is 7.64. The SMILES string of the molecule is Cc1noc(C)c1CN1CCC(N2C[C@H](O)C[C@H]2C(=O)N(C)C)CC1. The summed E-state index contributed by atoms with van der Waals surface area (Å²) in [6, 6.07) is 0.191. The molecule has 0 unspecified atom stereocenters. The van der Waals surface area contributed by atoms with Gasteiger partial charge in [0, 0.05) is 38.8 Å². The van der Waals surface area contributed by atoms with E-state index in [1.807, 2.05) is 13.8 Å². The van der Waals surface area contributed by atoms with Crippen molar-refractivity contribution in [3.05, 3.63) is 17.0 Å². The number of likely N-dealkylation sites (N-methyl/N-ethyl adjacent to an activating group) is 1. The minimum Gasteiger partial charge on any atom is -0.392 e. The highest BCUT2D eigenvalue weighted by Gasteiger charge is 2.41. The van der Waals surface area contributed by atoms with Gasteiger partial charge in [-0.1, -0.05) is 5.16 Å². The van der Waals surface area contributed by atoms with Crippen molar-refractivity contribution in [3.63, 3.8) is 0 Å². The van der Waals surface area contributed by atoms with Gasteiger partial charge >= 0.3 is 0 Å². The lowest BCUT2D eigenvalue weighted by Gasteiger charge is -2.39. The number of aromatic nitrogens is 1. The lowest BCUT2D eigenvalue weighted by Crippen LogP contribution is -2.51. The minimum atomic E-state index is -0.394. The van der Waals surface area contributed by atoms with E-state index in [1.165, 1.54) is 5.56 Å². The van der Waals surface area contributed by atoms with Gasteiger partial charge in [0.05, 0.1) is 17.8 Å². The van der Waals surface area contributed by atoms with Gasteiger partial charge in [-0.25, -0.2) is 0 Å². The van der Waals surface area contributed by atoms with Gasteiger partial charge in [0.15, 0.2) is 0 Å². The largest absolute Gasteiger partial charge is 0.392 e. The minimum absolute atomic E-state index is 0.106. The third kappa shape index (κ3) is 3.88. The van der Waals surface area contributed by atoms with Crippen LogP contribution in [0.1, 0.15) is 36.3 Å². The summed E-state index contributed by atoms with van der Waals surface area (Å²) < 4.78 is 5.26. The lowest BCUT2D eigenvalue weighted by atomic mass is 10.0. The second-order valence-electron chi connectivity index (χ2n) is 7.64. The van der Waals surface area contributed by atoms with Crippen LogP contribution in [0.25, 0.3) is 0 Å². The van der Waals surface area contributed by atoms with Crippen molar-refractivity contribution in [1.29, 1.82) is 0 Å². The van der Waals surface area contributed by atoms with Gasteiger partial charge in [0.2, 0.25) is 5.91 Å². The van der Waals surface area contributed by atoms with Crippen molar-refractivity contribution in [2.75, 3.05) is 33.7 Å². The van der Waals surface area contributed by atoms with Crippen LogP contribution in [0.5, 0.6) is 0 Å². The summed E-state index contributed by atoms with van der Waals surface area (Å²) in [7, 11) is 3.58. The van der Waals surface area contributed by atoms with Gasteiger partial charge < -0.3 is 14.5 Å². The van der Waals surface area contributed by atoms with E-state index in [9.17, 15) is 9.90 Å². The second kappa shape index (κ2) is 7.43. The summed E-state index contributed by atoms with van der Waals surface area (Å²) in [4.78, 5) is 18.7. The molecule has 0 saturated carbocycles. The Morgan fingerprint density at radius 3 is 2.56 bits per heavy atom. The molecule has 7 heteroatoms. The van der Waals surface area contributed by atoms with Crippen LogP contribution in [0.2, 0.25) is 0 Å². The molecule has 1 N–H and O–H groups in total. The van der Waals surface area contributed by atoms with Crippen LogP contribution in [0.3, 0.4) is 0 Å². The number of carbonyl (C=O) groups is 1. The average molecular weight is 350 g/mol. The molecule has 25 heavy (non-hydrogen) atoms. The zero-order valence-corrected chi connectivity index (χ0v) is 15.7. The first kappa shape index (κ1) is 18.4. The number of rotatable bonds is 4. The Labute approximate surface area is 149 Å². The molecule has 0 radical (unpaired) electrons. The molecule has 2 fully saturated rings. The van der Waals surface area contributed by atoms with Crippen LogP contribution in [0, 0.1) is 13.8 Å². The summed E-state index contributed by atoms with van der Waals surface area (Å²) in [5, 5.41) is 14.1. The molecule has 3 rings (SSSR count). The van der Waals surface area contributed by atoms with E-state index in [0.717, 1.165) is 43.9 Å². The molecule has 2 aliphatic rings. The highest BCUT2D eigenvalue weighted by Crippen LogP contribution is 2.28. The molecule has 7 nitrogen and oxygen atoms in total. The maximum atomic E-state index is 12.4. The molecule has 2 aliphatic heterocycles. The predicted molar refractivity (Wildman–Crippen MR) is 94.1 cm³/mol. The monoisotopic (exact) mass is 350 g/mol. The summed E-state index contributed by atoms with van der Waals surface area (Å²) in [5.41, 5.74) is 2.16. The summed E-state index contributed by atoms with van der Waals surface area (Å²) in [5.74, 6) is 1.01. The summed E-state index contributed by atoms with van der Waals surface area (Å²) in [6.45, 7) is 7.41. The molecule has 2 saturated heterocycles. The van der Waals surface area contributed by atoms with Gasteiger partial charge in [-0.05, 0) is 46.2 Å². The van der Waals surface area contributed by atoms with Crippen molar-refractivity contribution in [1.82, 2.24) is 19.9 Å². The number of β-amino-alcohol motifs (C(OH)–C–C–N with tert-alkyl or cyclic N) is 1. The van der Waals surface area contributed by atoms with Gasteiger partial charge in [-0.2, -0.15) is 0 Å². The first-order chi connectivity index (χ1) is 11.9. The third-order valence-electron chi connectivity index (χ3n) is 5.63. The van der Waals surface area contributed by atoms with Gasteiger partial charge in [0.1, 0.15) is 5.76 Å². The number of aryl methyl sites for hydroxylation is 2. The van der Waals surface area contributed by atoms with Crippen molar-refractivity contribution in [2.24, 2.45) is 0 Å². The molecule has 2 atom stereocenters. The van der Waals surface area contributed by atoms with Crippen LogP contribution in [0.4, 0.5) is 0 Å². The molecular weight excluding hydrogens is 320 g/mol. The molecule has 1 aromatic rings. The number of piperidine rings is 1. The highest BCUT2D eigenvalue weighted by atomic mass is 16.5. The van der Waals surface area contributed by atoms with E-state index in [4.69, 9.17) is 4.52 Å². The molecule has 3 heterocycles. The Hall–Kier alpha value is -1.44. The van der Waals surface area contributed by atoms with E-state index in [1.54, 1.807) is 19.0 Å². The van der Waals surface area contributed by atoms with E-state index < -0.39 is 6.10 Å². The standard InChI is InChI=1S/C18H30N4O3/c1-12-16(13(2)25-19-12)11-21-7-5-14(6-8-21)22-10-15(23)9-17(22)18(24)20(3)4/h14-15,17,23H,5-11H2,1-4H3/t15-,17+/m1/s1. The maximum absolute atomic E-state index is 12.4. The topological polar surface area (TPSA) is 73.0 Å². The van der Waals surface area contributed by atoms with Gasteiger partial charge in [-0.15, -0.1) is 0 Å². The summed E-state index contributed by atoms with van der Waals surface area (Å²) in [6.07, 6.45) is 2.20. The Kier molecular flexibility index (Phi) is 5.46. The van der Waals surface area contributed by atoms with Crippen LogP contribution in [-0.2, 0) is 11.3 Å². The van der Waals surface area contributed by atoms with Crippen LogP contribution in [-0.4, -0.2) is 82.8 Å². The third-order valence-corrected chi connectivity index (χ3v) is 5.63. The number of amides is 1. The van der Waals surface area contributed by atoms with Crippen LogP contribution < -0.4 is 0 Å². The zero-order valence-electron chi connectivity index (χ0n) is 15.7. The van der Waals surface area contributed by atoms with Crippen molar-refractivity contribution in [3.8, 4) is 0 Å². The molecule has 0 aliphatic carbocycles. The van der Waals surface area contributed by atoms with Crippen molar-refractivity contribution < 1.29 is 14.4 Å². The number of hydrogen-bond acceptors (Lipinski definition) is 6. The fourth-order valence-electron chi connectivity index (χ4n) is 4.14. The number of aliphatic hydroxyl groups is 1. The number of nitrogens with zero attached hydrogens (tertiary/aromatic N) is 4. The van der Waals surface area contributed by atoms with E-state index in [0.29, 0.717) is 19.0 Å². The molecule has 0 bridgehead atoms. The van der Waals surface area contributed by atoms with E-state index in [2.05, 4.69) is 15.0 Å². The molecule has 140 valence electrons. The molecule has 0 aromatic carbocycles. The number of aliphatic hydroxyl groups excluding tert-OH is 1. The van der Waals surface area contributed by atoms with Crippen molar-refractivity contribution >= 4 is 5.91 Å². The Bertz CT molecular complexity index is 588. The molecule has 1 amide bonds. The first-order valence-corrected chi connectivity index (χ1v) is 9.16. The fraction of sp³-hybridized carbons (Fsp3) is 0.778.